The Hall–Kier alpha value is -3.46. The Bertz CT molecular complexity index is 1270. The minimum absolute atomic E-state index is 0.119. The van der Waals surface area contributed by atoms with Crippen LogP contribution in [-0.4, -0.2) is 36.0 Å². The molecule has 4 aromatic rings. The van der Waals surface area contributed by atoms with E-state index < -0.39 is 0 Å². The molecule has 1 atom stereocenters. The van der Waals surface area contributed by atoms with Crippen LogP contribution in [0.5, 0.6) is 0 Å². The number of rotatable bonds is 5. The van der Waals surface area contributed by atoms with Crippen LogP contribution in [0.15, 0.2) is 70.9 Å². The maximum atomic E-state index is 13.2. The Morgan fingerprint density at radius 2 is 2.00 bits per heavy atom. The van der Waals surface area contributed by atoms with Gasteiger partial charge in [0.05, 0.1) is 30.2 Å². The van der Waals surface area contributed by atoms with Gasteiger partial charge in [0, 0.05) is 18.4 Å². The largest absolute Gasteiger partial charge is 0.350 e. The maximum Gasteiger partial charge on any atom is 0.265 e. The fourth-order valence-corrected chi connectivity index (χ4v) is 4.65. The van der Waals surface area contributed by atoms with Crippen LogP contribution < -0.4 is 10.9 Å². The third-order valence-electron chi connectivity index (χ3n) is 4.99. The lowest BCUT2D eigenvalue weighted by Crippen LogP contribution is -2.30. The number of para-hydroxylation sites is 1. The van der Waals surface area contributed by atoms with E-state index in [0.29, 0.717) is 28.5 Å². The molecule has 1 aromatic carbocycles. The van der Waals surface area contributed by atoms with Crippen LogP contribution in [0.1, 0.15) is 18.2 Å². The van der Waals surface area contributed by atoms with Crippen LogP contribution in [0, 0.1) is 0 Å². The molecule has 0 unspecified atom stereocenters. The summed E-state index contributed by atoms with van der Waals surface area (Å²) in [5.41, 5.74) is 2.01. The summed E-state index contributed by atoms with van der Waals surface area (Å²) in [6, 6.07) is 14.9. The van der Waals surface area contributed by atoms with Crippen molar-refractivity contribution in [3.63, 3.8) is 0 Å². The van der Waals surface area contributed by atoms with E-state index in [1.54, 1.807) is 21.6 Å². The van der Waals surface area contributed by atoms with E-state index in [9.17, 15) is 9.59 Å². The van der Waals surface area contributed by atoms with Gasteiger partial charge in [-0.3, -0.25) is 19.1 Å². The number of hydrogen-bond acceptors (Lipinski definition) is 6. The van der Waals surface area contributed by atoms with Crippen molar-refractivity contribution in [1.29, 1.82) is 0 Å². The van der Waals surface area contributed by atoms with Gasteiger partial charge in [-0.25, -0.2) is 9.67 Å². The van der Waals surface area contributed by atoms with Crippen molar-refractivity contribution in [3.05, 3.63) is 77.0 Å². The first-order valence-electron chi connectivity index (χ1n) is 9.56. The number of pyridine rings is 1. The van der Waals surface area contributed by atoms with Gasteiger partial charge in [-0.05, 0) is 24.3 Å². The molecule has 0 fully saturated rings. The van der Waals surface area contributed by atoms with Crippen molar-refractivity contribution in [2.45, 2.75) is 24.2 Å². The van der Waals surface area contributed by atoms with Gasteiger partial charge in [-0.1, -0.05) is 36.0 Å². The van der Waals surface area contributed by atoms with Gasteiger partial charge >= 0.3 is 0 Å². The topological polar surface area (TPSA) is 94.7 Å². The highest BCUT2D eigenvalue weighted by atomic mass is 32.2. The van der Waals surface area contributed by atoms with Crippen molar-refractivity contribution >= 4 is 28.7 Å². The zero-order valence-electron chi connectivity index (χ0n) is 15.9. The summed E-state index contributed by atoms with van der Waals surface area (Å²) in [7, 11) is 0. The monoisotopic (exact) mass is 418 g/mol. The van der Waals surface area contributed by atoms with Crippen molar-refractivity contribution in [1.82, 2.24) is 29.6 Å². The minimum Gasteiger partial charge on any atom is -0.350 e. The number of nitrogens with one attached hydrogen (secondary N) is 1. The number of carbonyl (C=O) groups is 1. The second kappa shape index (κ2) is 7.75. The highest BCUT2D eigenvalue weighted by Gasteiger charge is 2.29. The molecule has 0 radical (unpaired) electrons. The van der Waals surface area contributed by atoms with Crippen LogP contribution in [0.2, 0.25) is 0 Å². The highest BCUT2D eigenvalue weighted by Crippen LogP contribution is 2.33. The summed E-state index contributed by atoms with van der Waals surface area (Å²) in [6.45, 7) is 0.364. The Balaban J connectivity index is 1.39. The predicted octanol–water partition coefficient (Wildman–Crippen LogP) is 2.33. The molecule has 0 saturated carbocycles. The van der Waals surface area contributed by atoms with Crippen LogP contribution >= 0.6 is 11.8 Å². The van der Waals surface area contributed by atoms with Gasteiger partial charge in [0.25, 0.3) is 5.56 Å². The molecule has 0 saturated heterocycles. The van der Waals surface area contributed by atoms with E-state index in [2.05, 4.69) is 20.4 Å². The van der Waals surface area contributed by atoms with Gasteiger partial charge < -0.3 is 5.32 Å². The maximum absolute atomic E-state index is 13.2. The average molecular weight is 418 g/mol. The van der Waals surface area contributed by atoms with E-state index in [1.165, 1.54) is 11.8 Å². The number of nitrogens with zero attached hydrogens (tertiary/aromatic N) is 5. The number of hydrogen-bond donors (Lipinski definition) is 1. The van der Waals surface area contributed by atoms with Gasteiger partial charge in [-0.2, -0.15) is 5.10 Å². The summed E-state index contributed by atoms with van der Waals surface area (Å²) in [4.78, 5) is 34.5. The van der Waals surface area contributed by atoms with Crippen LogP contribution in [0.4, 0.5) is 0 Å². The number of aromatic nitrogens is 5. The SMILES string of the molecule is O=C(C[C@@H]1CSc2nc3c(cnn3-c3ccccc3)c(=O)n21)NCc1ccccn1. The third-order valence-corrected chi connectivity index (χ3v) is 6.08. The lowest BCUT2D eigenvalue weighted by atomic mass is 10.2. The molecule has 1 N–H and O–H groups in total. The van der Waals surface area contributed by atoms with E-state index in [0.717, 1.165) is 11.4 Å². The molecule has 1 aliphatic rings. The van der Waals surface area contributed by atoms with Gasteiger partial charge in [0.15, 0.2) is 10.8 Å². The van der Waals surface area contributed by atoms with Gasteiger partial charge in [0.1, 0.15) is 5.39 Å². The first-order chi connectivity index (χ1) is 14.7. The third kappa shape index (κ3) is 3.37. The molecule has 3 aromatic heterocycles. The number of benzene rings is 1. The molecule has 8 nitrogen and oxygen atoms in total. The first-order valence-corrected chi connectivity index (χ1v) is 10.5. The zero-order valence-corrected chi connectivity index (χ0v) is 16.7. The molecular formula is C21H18N6O2S. The molecule has 150 valence electrons. The predicted molar refractivity (Wildman–Crippen MR) is 114 cm³/mol. The fourth-order valence-electron chi connectivity index (χ4n) is 3.52. The minimum atomic E-state index is -0.238. The number of amides is 1. The highest BCUT2D eigenvalue weighted by molar-refractivity contribution is 7.99. The number of thioether (sulfide) groups is 1. The molecule has 0 spiro atoms. The lowest BCUT2D eigenvalue weighted by Gasteiger charge is -2.13. The van der Waals surface area contributed by atoms with Crippen LogP contribution in [0.25, 0.3) is 16.7 Å². The van der Waals surface area contributed by atoms with E-state index >= 15 is 0 Å². The number of carbonyl (C=O) groups excluding carboxylic acids is 1. The summed E-state index contributed by atoms with van der Waals surface area (Å²) in [5.74, 6) is 0.510. The molecule has 1 amide bonds. The summed E-state index contributed by atoms with van der Waals surface area (Å²) >= 11 is 1.49. The molecule has 9 heteroatoms. The molecule has 5 rings (SSSR count). The van der Waals surface area contributed by atoms with Gasteiger partial charge in [-0.15, -0.1) is 0 Å². The normalized spacial score (nSPS) is 15.3. The molecule has 4 heterocycles. The standard InChI is InChI=1S/C21H18N6O2S/c28-18(23-11-14-6-4-5-9-22-14)10-16-13-30-21-25-19-17(20(29)26(16)21)12-24-27(19)15-7-2-1-3-8-15/h1-9,12,16H,10-11,13H2,(H,23,28)/t16-/m1/s1. The Labute approximate surface area is 176 Å². The van der Waals surface area contributed by atoms with Crippen molar-refractivity contribution in [2.75, 3.05) is 5.75 Å². The van der Waals surface area contributed by atoms with Crippen molar-refractivity contribution < 1.29 is 4.79 Å². The smallest absolute Gasteiger partial charge is 0.265 e. The second-order valence-electron chi connectivity index (χ2n) is 6.97. The quantitative estimate of drug-likeness (QED) is 0.500. The summed E-state index contributed by atoms with van der Waals surface area (Å²) in [5, 5.41) is 8.30. The Morgan fingerprint density at radius 1 is 1.17 bits per heavy atom. The Morgan fingerprint density at radius 3 is 2.80 bits per heavy atom. The van der Waals surface area contributed by atoms with Crippen molar-refractivity contribution in [3.8, 4) is 5.69 Å². The molecule has 0 aliphatic carbocycles. The number of fused-ring (bicyclic) bond motifs is 2. The first kappa shape index (κ1) is 18.6. The summed E-state index contributed by atoms with van der Waals surface area (Å²) < 4.78 is 3.30. The molecule has 1 aliphatic heterocycles. The zero-order chi connectivity index (χ0) is 20.5. The fraction of sp³-hybridized carbons (Fsp3) is 0.190. The van der Waals surface area contributed by atoms with Crippen LogP contribution in [0.3, 0.4) is 0 Å². The molecule has 0 bridgehead atoms. The molecule has 30 heavy (non-hydrogen) atoms. The van der Waals surface area contributed by atoms with E-state index in [4.69, 9.17) is 0 Å². The second-order valence-corrected chi connectivity index (χ2v) is 7.95. The lowest BCUT2D eigenvalue weighted by molar-refractivity contribution is -0.121. The van der Waals surface area contributed by atoms with E-state index in [1.807, 2.05) is 48.5 Å². The van der Waals surface area contributed by atoms with Gasteiger partial charge in [0.2, 0.25) is 5.91 Å². The van der Waals surface area contributed by atoms with Crippen LogP contribution in [-0.2, 0) is 11.3 Å². The molecular weight excluding hydrogens is 400 g/mol. The summed E-state index contributed by atoms with van der Waals surface area (Å²) in [6.07, 6.45) is 3.45. The van der Waals surface area contributed by atoms with Crippen molar-refractivity contribution in [2.24, 2.45) is 0 Å². The Kier molecular flexibility index (Phi) is 4.80. The average Bonchev–Trinajstić information content (AvgIpc) is 3.39. The van der Waals surface area contributed by atoms with E-state index in [-0.39, 0.29) is 23.9 Å².